The number of rotatable bonds is 11. The van der Waals surface area contributed by atoms with Crippen LogP contribution in [0.2, 0.25) is 0 Å². The van der Waals surface area contributed by atoms with Crippen molar-refractivity contribution in [2.75, 3.05) is 12.3 Å². The Morgan fingerprint density at radius 3 is 2.42 bits per heavy atom. The molecule has 0 radical (unpaired) electrons. The molecule has 232 valence electrons. The lowest BCUT2D eigenvalue weighted by molar-refractivity contribution is -0.199. The van der Waals surface area contributed by atoms with Crippen LogP contribution in [0.1, 0.15) is 56.9 Å². The maximum absolute atomic E-state index is 14.5. The Morgan fingerprint density at radius 1 is 1.09 bits per heavy atom. The number of hydrogen-bond acceptors (Lipinski definition) is 7. The van der Waals surface area contributed by atoms with Crippen LogP contribution < -0.4 is 20.9 Å². The molecule has 0 aliphatic heterocycles. The average Bonchev–Trinajstić information content (AvgIpc) is 2.94. The number of nitrogen functional groups attached to an aromatic ring is 1. The molecule has 3 unspecified atom stereocenters. The van der Waals surface area contributed by atoms with Crippen molar-refractivity contribution in [2.45, 2.75) is 57.9 Å². The third-order valence-electron chi connectivity index (χ3n) is 6.98. The maximum Gasteiger partial charge on any atom is 0.429 e. The van der Waals surface area contributed by atoms with Crippen molar-refractivity contribution in [3.05, 3.63) is 71.9 Å². The fraction of sp³-hybridized carbons (Fsp3) is 0.387. The molecular weight excluding hydrogens is 585 g/mol. The molecule has 3 atom stereocenters. The second-order valence-corrected chi connectivity index (χ2v) is 10.9. The lowest BCUT2D eigenvalue weighted by Gasteiger charge is -2.25. The molecular formula is C31H36ClF3N4O4. The normalized spacial score (nSPS) is 16.5. The van der Waals surface area contributed by atoms with E-state index in [1.807, 2.05) is 50.3 Å². The first-order valence-corrected chi connectivity index (χ1v) is 13.8. The van der Waals surface area contributed by atoms with Gasteiger partial charge in [-0.2, -0.15) is 18.2 Å². The zero-order valence-electron chi connectivity index (χ0n) is 23.9. The van der Waals surface area contributed by atoms with Gasteiger partial charge in [-0.25, -0.2) is 4.98 Å². The van der Waals surface area contributed by atoms with Crippen molar-refractivity contribution >= 4 is 29.9 Å². The molecule has 1 aliphatic rings. The number of aliphatic carboxylic acids is 1. The van der Waals surface area contributed by atoms with Gasteiger partial charge in [0.15, 0.2) is 0 Å². The Kier molecular flexibility index (Phi) is 11.4. The molecule has 3 aromatic rings. The van der Waals surface area contributed by atoms with Crippen LogP contribution in [0, 0.1) is 11.8 Å². The van der Waals surface area contributed by atoms with Crippen molar-refractivity contribution in [2.24, 2.45) is 17.6 Å². The van der Waals surface area contributed by atoms with E-state index in [0.29, 0.717) is 36.9 Å². The summed E-state index contributed by atoms with van der Waals surface area (Å²) in [6.45, 7) is 4.03. The van der Waals surface area contributed by atoms with E-state index in [-0.39, 0.29) is 54.0 Å². The molecule has 0 spiro atoms. The minimum atomic E-state index is -4.80. The van der Waals surface area contributed by atoms with E-state index in [1.54, 1.807) is 12.1 Å². The SMILES string of the molecule is CC(C)COc1cc(-c2ccccc2)ccc1C(Oc1cc(C2=CCC(CC(N)C(=O)O)CC2)nc(N)n1)C(F)(F)F.Cl. The van der Waals surface area contributed by atoms with Crippen LogP contribution in [0.15, 0.2) is 60.7 Å². The van der Waals surface area contributed by atoms with E-state index in [4.69, 9.17) is 26.0 Å². The van der Waals surface area contributed by atoms with Gasteiger partial charge in [0.2, 0.25) is 17.9 Å². The summed E-state index contributed by atoms with van der Waals surface area (Å²) in [6.07, 6.45) is -3.22. The lowest BCUT2D eigenvalue weighted by atomic mass is 9.84. The van der Waals surface area contributed by atoms with Crippen molar-refractivity contribution in [3.63, 3.8) is 0 Å². The molecule has 8 nitrogen and oxygen atoms in total. The highest BCUT2D eigenvalue weighted by Crippen LogP contribution is 2.42. The largest absolute Gasteiger partial charge is 0.493 e. The quantitative estimate of drug-likeness (QED) is 0.212. The van der Waals surface area contributed by atoms with Gasteiger partial charge >= 0.3 is 12.1 Å². The predicted molar refractivity (Wildman–Crippen MR) is 161 cm³/mol. The first kappa shape index (κ1) is 33.7. The van der Waals surface area contributed by atoms with E-state index in [0.717, 1.165) is 11.1 Å². The monoisotopic (exact) mass is 620 g/mol. The fourth-order valence-electron chi connectivity index (χ4n) is 4.83. The lowest BCUT2D eigenvalue weighted by Crippen LogP contribution is -2.32. The highest BCUT2D eigenvalue weighted by Gasteiger charge is 2.45. The average molecular weight is 621 g/mol. The van der Waals surface area contributed by atoms with Crippen LogP contribution in [0.25, 0.3) is 16.7 Å². The van der Waals surface area contributed by atoms with Gasteiger partial charge in [-0.1, -0.05) is 62.4 Å². The van der Waals surface area contributed by atoms with Crippen LogP contribution in [0.3, 0.4) is 0 Å². The number of benzene rings is 2. The topological polar surface area (TPSA) is 134 Å². The highest BCUT2D eigenvalue weighted by atomic mass is 35.5. The number of hydrogen-bond donors (Lipinski definition) is 3. The van der Waals surface area contributed by atoms with Crippen molar-refractivity contribution in [3.8, 4) is 22.8 Å². The van der Waals surface area contributed by atoms with Crippen LogP contribution >= 0.6 is 12.4 Å². The van der Waals surface area contributed by atoms with Crippen LogP contribution in [-0.2, 0) is 4.79 Å². The van der Waals surface area contributed by atoms with Crippen LogP contribution in [-0.4, -0.2) is 39.9 Å². The second kappa shape index (κ2) is 14.6. The molecule has 0 amide bonds. The fourth-order valence-corrected chi connectivity index (χ4v) is 4.83. The number of nitrogens with two attached hydrogens (primary N) is 2. The van der Waals surface area contributed by atoms with Gasteiger partial charge in [0.05, 0.1) is 12.3 Å². The molecule has 0 saturated carbocycles. The standard InChI is InChI=1S/C31H35F3N4O4.ClH/c1-18(2)17-41-26-15-22(20-6-4-3-5-7-20)12-13-23(26)28(31(32,33)34)42-27-16-25(37-30(36)38-27)21-10-8-19(9-11-21)14-24(35)29(39)40;/h3-7,10,12-13,15-16,18-19,24,28H,8-9,11,14,17,35H2,1-2H3,(H,39,40)(H2,36,37,38);1H. The summed E-state index contributed by atoms with van der Waals surface area (Å²) in [6, 6.07) is 14.3. The number of allylic oxidation sites excluding steroid dienone is 2. The molecule has 1 heterocycles. The number of alkyl halides is 3. The van der Waals surface area contributed by atoms with Crippen molar-refractivity contribution in [1.29, 1.82) is 0 Å². The predicted octanol–water partition coefficient (Wildman–Crippen LogP) is 6.85. The minimum Gasteiger partial charge on any atom is -0.493 e. The summed E-state index contributed by atoms with van der Waals surface area (Å²) < 4.78 is 55.0. The van der Waals surface area contributed by atoms with Gasteiger partial charge in [0, 0.05) is 11.6 Å². The van der Waals surface area contributed by atoms with E-state index < -0.39 is 24.3 Å². The van der Waals surface area contributed by atoms with E-state index >= 15 is 0 Å². The number of anilines is 1. The second-order valence-electron chi connectivity index (χ2n) is 10.9. The smallest absolute Gasteiger partial charge is 0.429 e. The molecule has 43 heavy (non-hydrogen) atoms. The van der Waals surface area contributed by atoms with Crippen LogP contribution in [0.4, 0.5) is 19.1 Å². The number of nitrogens with zero attached hydrogens (tertiary/aromatic N) is 2. The van der Waals surface area contributed by atoms with Crippen LogP contribution in [0.5, 0.6) is 11.6 Å². The molecule has 2 aromatic carbocycles. The Balaban J connectivity index is 0.00000506. The van der Waals surface area contributed by atoms with Crippen molar-refractivity contribution in [1.82, 2.24) is 9.97 Å². The number of ether oxygens (including phenoxy) is 2. The molecule has 5 N–H and O–H groups in total. The van der Waals surface area contributed by atoms with E-state index in [1.165, 1.54) is 12.1 Å². The van der Waals surface area contributed by atoms with Gasteiger partial charge in [0.1, 0.15) is 11.8 Å². The van der Waals surface area contributed by atoms with Gasteiger partial charge in [-0.15, -0.1) is 12.4 Å². The minimum absolute atomic E-state index is 0. The summed E-state index contributed by atoms with van der Waals surface area (Å²) in [4.78, 5) is 19.3. The zero-order chi connectivity index (χ0) is 30.4. The molecule has 1 aliphatic carbocycles. The Bertz CT molecular complexity index is 1420. The third kappa shape index (κ3) is 9.08. The van der Waals surface area contributed by atoms with E-state index in [2.05, 4.69) is 9.97 Å². The maximum atomic E-state index is 14.5. The van der Waals surface area contributed by atoms with Gasteiger partial charge in [-0.05, 0) is 60.3 Å². The number of halogens is 4. The molecule has 0 saturated heterocycles. The molecule has 0 fully saturated rings. The summed E-state index contributed by atoms with van der Waals surface area (Å²) in [5.41, 5.74) is 14.1. The third-order valence-corrected chi connectivity index (χ3v) is 6.98. The molecule has 12 heteroatoms. The zero-order valence-corrected chi connectivity index (χ0v) is 24.7. The first-order valence-electron chi connectivity index (χ1n) is 13.8. The molecule has 0 bridgehead atoms. The van der Waals surface area contributed by atoms with Crippen molar-refractivity contribution < 1.29 is 32.5 Å². The Hall–Kier alpha value is -3.83. The number of carboxylic acid groups (broad SMARTS) is 1. The van der Waals surface area contributed by atoms with Gasteiger partial charge < -0.3 is 26.0 Å². The summed E-state index contributed by atoms with van der Waals surface area (Å²) >= 11 is 0. The Labute approximate surface area is 254 Å². The molecule has 1 aromatic heterocycles. The first-order chi connectivity index (χ1) is 19.9. The summed E-state index contributed by atoms with van der Waals surface area (Å²) in [7, 11) is 0. The number of carbonyl (C=O) groups is 1. The summed E-state index contributed by atoms with van der Waals surface area (Å²) in [5, 5.41) is 9.08. The van der Waals surface area contributed by atoms with E-state index in [9.17, 15) is 18.0 Å². The Morgan fingerprint density at radius 2 is 1.81 bits per heavy atom. The number of carboxylic acids is 1. The number of aromatic nitrogens is 2. The summed E-state index contributed by atoms with van der Waals surface area (Å²) in [5.74, 6) is -1.38. The molecule has 4 rings (SSSR count). The van der Waals surface area contributed by atoms with Gasteiger partial charge in [0.25, 0.3) is 0 Å². The van der Waals surface area contributed by atoms with Gasteiger partial charge in [-0.3, -0.25) is 4.79 Å². The highest BCUT2D eigenvalue weighted by molar-refractivity contribution is 5.85.